The van der Waals surface area contributed by atoms with Gasteiger partial charge in [-0.1, -0.05) is 24.1 Å². The second kappa shape index (κ2) is 5.73. The normalized spacial score (nSPS) is 17.2. The van der Waals surface area contributed by atoms with Crippen molar-refractivity contribution in [3.8, 4) is 11.5 Å². The first kappa shape index (κ1) is 13.9. The number of nitrogens with zero attached hydrogens (tertiary/aromatic N) is 2. The van der Waals surface area contributed by atoms with Crippen molar-refractivity contribution in [1.29, 1.82) is 0 Å². The summed E-state index contributed by atoms with van der Waals surface area (Å²) in [7, 11) is 0. The van der Waals surface area contributed by atoms with Crippen LogP contribution in [0.15, 0.2) is 22.7 Å². The molecule has 3 rings (SSSR count). The summed E-state index contributed by atoms with van der Waals surface area (Å²) in [4.78, 5) is 4.41. The first-order chi connectivity index (χ1) is 10.1. The van der Waals surface area contributed by atoms with Crippen molar-refractivity contribution in [2.75, 3.05) is 0 Å². The smallest absolute Gasteiger partial charge is 0.243 e. The molecule has 1 heterocycles. The molecule has 1 aliphatic carbocycles. The summed E-state index contributed by atoms with van der Waals surface area (Å²) < 4.78 is 5.27. The minimum Gasteiger partial charge on any atom is -0.504 e. The highest BCUT2D eigenvalue weighted by Gasteiger charge is 2.24. The molecule has 1 aliphatic rings. The SMILES string of the molecule is NC(Cc1ccc(O)c(O)c1)c1nc(C2CCCC2)no1. The second-order valence-electron chi connectivity index (χ2n) is 5.61. The van der Waals surface area contributed by atoms with E-state index in [2.05, 4.69) is 10.1 Å². The van der Waals surface area contributed by atoms with E-state index in [0.717, 1.165) is 24.2 Å². The van der Waals surface area contributed by atoms with Crippen LogP contribution in [-0.2, 0) is 6.42 Å². The summed E-state index contributed by atoms with van der Waals surface area (Å²) in [5.74, 6) is 1.27. The molecule has 0 aliphatic heterocycles. The maximum atomic E-state index is 9.49. The molecule has 0 radical (unpaired) electrons. The van der Waals surface area contributed by atoms with E-state index in [1.165, 1.54) is 25.0 Å². The highest BCUT2D eigenvalue weighted by atomic mass is 16.5. The number of phenols is 2. The van der Waals surface area contributed by atoms with Gasteiger partial charge in [-0.3, -0.25) is 0 Å². The zero-order valence-corrected chi connectivity index (χ0v) is 11.7. The Hall–Kier alpha value is -2.08. The fourth-order valence-corrected chi connectivity index (χ4v) is 2.78. The molecule has 0 spiro atoms. The molecule has 0 amide bonds. The van der Waals surface area contributed by atoms with Gasteiger partial charge in [-0.25, -0.2) is 0 Å². The number of aromatic hydroxyl groups is 2. The fraction of sp³-hybridized carbons (Fsp3) is 0.467. The third-order valence-electron chi connectivity index (χ3n) is 3.99. The molecular weight excluding hydrogens is 270 g/mol. The third-order valence-corrected chi connectivity index (χ3v) is 3.99. The van der Waals surface area contributed by atoms with Gasteiger partial charge in [0.05, 0.1) is 6.04 Å². The molecule has 6 heteroatoms. The van der Waals surface area contributed by atoms with E-state index in [1.807, 2.05) is 0 Å². The van der Waals surface area contributed by atoms with E-state index in [1.54, 1.807) is 6.07 Å². The van der Waals surface area contributed by atoms with Crippen LogP contribution >= 0.6 is 0 Å². The molecule has 1 aromatic heterocycles. The summed E-state index contributed by atoms with van der Waals surface area (Å²) in [5, 5.41) is 22.8. The van der Waals surface area contributed by atoms with E-state index >= 15 is 0 Å². The van der Waals surface area contributed by atoms with Crippen molar-refractivity contribution in [3.05, 3.63) is 35.5 Å². The Morgan fingerprint density at radius 1 is 1.24 bits per heavy atom. The van der Waals surface area contributed by atoms with E-state index in [4.69, 9.17) is 10.3 Å². The van der Waals surface area contributed by atoms with Crippen molar-refractivity contribution in [2.24, 2.45) is 5.73 Å². The highest BCUT2D eigenvalue weighted by molar-refractivity contribution is 5.40. The van der Waals surface area contributed by atoms with Gasteiger partial charge in [0.1, 0.15) is 0 Å². The average molecular weight is 289 g/mol. The van der Waals surface area contributed by atoms with Gasteiger partial charge >= 0.3 is 0 Å². The molecule has 21 heavy (non-hydrogen) atoms. The molecule has 1 saturated carbocycles. The number of rotatable bonds is 4. The number of hydrogen-bond acceptors (Lipinski definition) is 6. The molecule has 4 N–H and O–H groups in total. The summed E-state index contributed by atoms with van der Waals surface area (Å²) in [5.41, 5.74) is 6.89. The highest BCUT2D eigenvalue weighted by Crippen LogP contribution is 2.33. The average Bonchev–Trinajstić information content (AvgIpc) is 3.12. The van der Waals surface area contributed by atoms with Crippen LogP contribution in [0.4, 0.5) is 0 Å². The Labute approximate surface area is 122 Å². The predicted octanol–water partition coefficient (Wildman–Crippen LogP) is 2.38. The second-order valence-corrected chi connectivity index (χ2v) is 5.61. The zero-order chi connectivity index (χ0) is 14.8. The van der Waals surface area contributed by atoms with Gasteiger partial charge in [0.25, 0.3) is 0 Å². The minimum atomic E-state index is -0.420. The van der Waals surface area contributed by atoms with Crippen molar-refractivity contribution in [2.45, 2.75) is 44.1 Å². The quantitative estimate of drug-likeness (QED) is 0.746. The summed E-state index contributed by atoms with van der Waals surface area (Å²) in [6.07, 6.45) is 5.11. The van der Waals surface area contributed by atoms with E-state index in [-0.39, 0.29) is 11.5 Å². The van der Waals surface area contributed by atoms with Crippen molar-refractivity contribution in [1.82, 2.24) is 10.1 Å². The maximum absolute atomic E-state index is 9.49. The maximum Gasteiger partial charge on any atom is 0.243 e. The Morgan fingerprint density at radius 2 is 2.00 bits per heavy atom. The monoisotopic (exact) mass is 289 g/mol. The number of nitrogens with two attached hydrogens (primary N) is 1. The molecule has 6 nitrogen and oxygen atoms in total. The first-order valence-corrected chi connectivity index (χ1v) is 7.23. The van der Waals surface area contributed by atoms with Gasteiger partial charge in [-0.15, -0.1) is 0 Å². The van der Waals surface area contributed by atoms with Crippen LogP contribution in [0.5, 0.6) is 11.5 Å². The van der Waals surface area contributed by atoms with E-state index in [9.17, 15) is 10.2 Å². The number of phenolic OH excluding ortho intramolecular Hbond substituents is 2. The van der Waals surface area contributed by atoms with Crippen LogP contribution in [0.1, 0.15) is 54.9 Å². The lowest BCUT2D eigenvalue weighted by Gasteiger charge is -2.08. The first-order valence-electron chi connectivity index (χ1n) is 7.23. The van der Waals surface area contributed by atoms with Crippen molar-refractivity contribution in [3.63, 3.8) is 0 Å². The van der Waals surface area contributed by atoms with Gasteiger partial charge in [-0.05, 0) is 37.0 Å². The Kier molecular flexibility index (Phi) is 3.79. The van der Waals surface area contributed by atoms with Crippen LogP contribution < -0.4 is 5.73 Å². The van der Waals surface area contributed by atoms with Gasteiger partial charge in [0.2, 0.25) is 5.89 Å². The number of aromatic nitrogens is 2. The van der Waals surface area contributed by atoms with Crippen molar-refractivity contribution >= 4 is 0 Å². The van der Waals surface area contributed by atoms with Crippen LogP contribution in [0, 0.1) is 0 Å². The van der Waals surface area contributed by atoms with E-state index in [0.29, 0.717) is 18.2 Å². The lowest BCUT2D eigenvalue weighted by Crippen LogP contribution is -2.14. The number of benzene rings is 1. The van der Waals surface area contributed by atoms with Gasteiger partial charge in [0.15, 0.2) is 17.3 Å². The van der Waals surface area contributed by atoms with Gasteiger partial charge in [0, 0.05) is 5.92 Å². The molecule has 112 valence electrons. The number of hydrogen-bond donors (Lipinski definition) is 3. The Balaban J connectivity index is 1.69. The molecule has 1 unspecified atom stereocenters. The lowest BCUT2D eigenvalue weighted by molar-refractivity contribution is 0.347. The molecule has 0 saturated heterocycles. The van der Waals surface area contributed by atoms with Crippen LogP contribution in [0.2, 0.25) is 0 Å². The lowest BCUT2D eigenvalue weighted by atomic mass is 10.1. The molecule has 0 bridgehead atoms. The summed E-state index contributed by atoms with van der Waals surface area (Å²) >= 11 is 0. The third kappa shape index (κ3) is 3.00. The van der Waals surface area contributed by atoms with Crippen LogP contribution in [0.3, 0.4) is 0 Å². The van der Waals surface area contributed by atoms with Gasteiger partial charge < -0.3 is 20.5 Å². The summed E-state index contributed by atoms with van der Waals surface area (Å²) in [6.45, 7) is 0. The van der Waals surface area contributed by atoms with Gasteiger partial charge in [-0.2, -0.15) is 4.98 Å². The molecule has 1 atom stereocenters. The molecule has 1 fully saturated rings. The zero-order valence-electron chi connectivity index (χ0n) is 11.7. The standard InChI is InChI=1S/C15H19N3O3/c16-11(7-9-5-6-12(19)13(20)8-9)15-17-14(18-21-15)10-3-1-2-4-10/h5-6,8,10-11,19-20H,1-4,7,16H2. The summed E-state index contributed by atoms with van der Waals surface area (Å²) in [6, 6.07) is 4.22. The molecule has 1 aromatic carbocycles. The largest absolute Gasteiger partial charge is 0.504 e. The fourth-order valence-electron chi connectivity index (χ4n) is 2.78. The Morgan fingerprint density at radius 3 is 2.71 bits per heavy atom. The predicted molar refractivity (Wildman–Crippen MR) is 75.9 cm³/mol. The minimum absolute atomic E-state index is 0.145. The molecular formula is C15H19N3O3. The van der Waals surface area contributed by atoms with Crippen LogP contribution in [0.25, 0.3) is 0 Å². The van der Waals surface area contributed by atoms with Crippen molar-refractivity contribution < 1.29 is 14.7 Å². The topological polar surface area (TPSA) is 105 Å². The Bertz CT molecular complexity index is 620. The molecule has 2 aromatic rings. The van der Waals surface area contributed by atoms with Crippen LogP contribution in [-0.4, -0.2) is 20.4 Å². The van der Waals surface area contributed by atoms with E-state index < -0.39 is 6.04 Å².